The van der Waals surface area contributed by atoms with E-state index in [9.17, 15) is 0 Å². The minimum absolute atomic E-state index is 0.392. The zero-order valence-electron chi connectivity index (χ0n) is 17.5. The first-order valence-corrected chi connectivity index (χ1v) is 11.4. The lowest BCUT2D eigenvalue weighted by Gasteiger charge is -2.30. The topological polar surface area (TPSA) is 66.8 Å². The van der Waals surface area contributed by atoms with Crippen LogP contribution >= 0.6 is 11.8 Å². The lowest BCUT2D eigenvalue weighted by molar-refractivity contribution is 0.442. The van der Waals surface area contributed by atoms with Gasteiger partial charge in [0.25, 0.3) is 0 Å². The maximum Gasteiger partial charge on any atom is 0.227 e. The van der Waals surface area contributed by atoms with Crippen LogP contribution in [0.15, 0.2) is 35.7 Å². The fourth-order valence-corrected chi connectivity index (χ4v) is 4.44. The Bertz CT molecular complexity index is 1010. The molecule has 3 aromatic heterocycles. The van der Waals surface area contributed by atoms with Crippen LogP contribution in [-0.2, 0) is 0 Å². The van der Waals surface area contributed by atoms with Gasteiger partial charge in [-0.2, -0.15) is 4.98 Å². The normalized spacial score (nSPS) is 17.1. The minimum atomic E-state index is 0.392. The highest BCUT2D eigenvalue weighted by Gasteiger charge is 2.19. The van der Waals surface area contributed by atoms with Gasteiger partial charge in [-0.3, -0.25) is 0 Å². The molecule has 3 aromatic rings. The smallest absolute Gasteiger partial charge is 0.227 e. The number of hydrogen-bond donors (Lipinski definition) is 1. The molecule has 4 rings (SSSR count). The van der Waals surface area contributed by atoms with Crippen molar-refractivity contribution in [3.8, 4) is 0 Å². The molecule has 0 aromatic carbocycles. The number of hydrogen-bond acceptors (Lipinski definition) is 7. The largest absolute Gasteiger partial charge is 0.341 e. The van der Waals surface area contributed by atoms with Gasteiger partial charge in [-0.15, -0.1) is 11.8 Å². The number of pyridine rings is 2. The predicted molar refractivity (Wildman–Crippen MR) is 121 cm³/mol. The van der Waals surface area contributed by atoms with Crippen molar-refractivity contribution in [1.29, 1.82) is 0 Å². The average molecular weight is 409 g/mol. The van der Waals surface area contributed by atoms with Crippen molar-refractivity contribution in [2.75, 3.05) is 29.6 Å². The Hall–Kier alpha value is -2.41. The summed E-state index contributed by atoms with van der Waals surface area (Å²) in [7, 11) is 0. The number of anilines is 3. The van der Waals surface area contributed by atoms with Crippen LogP contribution in [0.25, 0.3) is 10.8 Å². The molecule has 29 heavy (non-hydrogen) atoms. The highest BCUT2D eigenvalue weighted by Crippen LogP contribution is 2.32. The molecule has 1 fully saturated rings. The second-order valence-electron chi connectivity index (χ2n) is 8.05. The van der Waals surface area contributed by atoms with Crippen molar-refractivity contribution < 1.29 is 0 Å². The zero-order valence-corrected chi connectivity index (χ0v) is 18.3. The van der Waals surface area contributed by atoms with Gasteiger partial charge in [0.05, 0.1) is 0 Å². The summed E-state index contributed by atoms with van der Waals surface area (Å²) in [4.78, 5) is 20.7. The molecule has 0 bridgehead atoms. The van der Waals surface area contributed by atoms with Crippen molar-refractivity contribution in [1.82, 2.24) is 19.9 Å². The summed E-state index contributed by atoms with van der Waals surface area (Å²) in [6.07, 6.45) is 10.2. The lowest BCUT2D eigenvalue weighted by atomic mass is 10.00. The van der Waals surface area contributed by atoms with Gasteiger partial charge in [0, 0.05) is 37.1 Å². The van der Waals surface area contributed by atoms with E-state index in [-0.39, 0.29) is 0 Å². The van der Waals surface area contributed by atoms with Crippen LogP contribution in [0.1, 0.15) is 45.1 Å². The second-order valence-corrected chi connectivity index (χ2v) is 8.85. The number of thioether (sulfide) groups is 1. The first-order chi connectivity index (χ1) is 14.0. The third-order valence-electron chi connectivity index (χ3n) is 5.42. The zero-order chi connectivity index (χ0) is 20.4. The monoisotopic (exact) mass is 408 g/mol. The fourth-order valence-electron chi connectivity index (χ4n) is 3.90. The van der Waals surface area contributed by atoms with Gasteiger partial charge in [-0.1, -0.05) is 20.8 Å². The van der Waals surface area contributed by atoms with Crippen LogP contribution < -0.4 is 10.2 Å². The molecule has 6 nitrogen and oxygen atoms in total. The molecule has 1 atom stereocenters. The molecule has 0 spiro atoms. The lowest BCUT2D eigenvalue weighted by Crippen LogP contribution is -2.35. The Labute approximate surface area is 176 Å². The van der Waals surface area contributed by atoms with E-state index in [1.807, 2.05) is 30.9 Å². The van der Waals surface area contributed by atoms with Gasteiger partial charge in [0.2, 0.25) is 5.95 Å². The number of piperidine rings is 1. The van der Waals surface area contributed by atoms with E-state index < -0.39 is 0 Å². The van der Waals surface area contributed by atoms with E-state index in [1.54, 1.807) is 11.8 Å². The molecule has 1 aliphatic heterocycles. The van der Waals surface area contributed by atoms with E-state index in [0.717, 1.165) is 41.1 Å². The van der Waals surface area contributed by atoms with Crippen LogP contribution in [0.3, 0.4) is 0 Å². The van der Waals surface area contributed by atoms with Crippen molar-refractivity contribution in [2.45, 2.75) is 44.6 Å². The predicted octanol–water partition coefficient (Wildman–Crippen LogP) is 5.25. The maximum atomic E-state index is 4.74. The van der Waals surface area contributed by atoms with Gasteiger partial charge < -0.3 is 10.2 Å². The third kappa shape index (κ3) is 4.29. The fraction of sp³-hybridized carbons (Fsp3) is 0.455. The summed E-state index contributed by atoms with van der Waals surface area (Å²) in [5.74, 6) is 3.42. The quantitative estimate of drug-likeness (QED) is 0.579. The highest BCUT2D eigenvalue weighted by molar-refractivity contribution is 7.98. The van der Waals surface area contributed by atoms with Crippen molar-refractivity contribution >= 4 is 40.1 Å². The second kappa shape index (κ2) is 8.53. The molecule has 1 N–H and O–H groups in total. The number of nitrogens with one attached hydrogen (secondary N) is 1. The first kappa shape index (κ1) is 19.9. The van der Waals surface area contributed by atoms with Crippen molar-refractivity contribution in [2.24, 2.45) is 5.92 Å². The molecule has 0 amide bonds. The summed E-state index contributed by atoms with van der Waals surface area (Å²) < 4.78 is 0. The molecule has 0 aliphatic carbocycles. The van der Waals surface area contributed by atoms with Crippen molar-refractivity contribution in [3.63, 3.8) is 0 Å². The molecule has 1 aliphatic rings. The van der Waals surface area contributed by atoms with E-state index >= 15 is 0 Å². The van der Waals surface area contributed by atoms with Gasteiger partial charge in [-0.05, 0) is 54.0 Å². The van der Waals surface area contributed by atoms with Crippen LogP contribution in [0.5, 0.6) is 0 Å². The minimum Gasteiger partial charge on any atom is -0.341 e. The maximum absolute atomic E-state index is 4.74. The molecule has 1 saturated heterocycles. The highest BCUT2D eigenvalue weighted by atomic mass is 32.2. The Morgan fingerprint density at radius 2 is 2.00 bits per heavy atom. The van der Waals surface area contributed by atoms with E-state index in [2.05, 4.69) is 52.0 Å². The first-order valence-electron chi connectivity index (χ1n) is 10.2. The van der Waals surface area contributed by atoms with Gasteiger partial charge in [-0.25, -0.2) is 15.0 Å². The summed E-state index contributed by atoms with van der Waals surface area (Å²) in [6.45, 7) is 8.71. The Morgan fingerprint density at radius 1 is 1.14 bits per heavy atom. The molecule has 7 heteroatoms. The number of fused-ring (bicyclic) bond motifs is 1. The SMILES string of the molecule is CSc1ncc(C(C)C)c2cc(Nc3ccnc(N4CCCC(C)C4)n3)ncc12. The molecule has 1 unspecified atom stereocenters. The summed E-state index contributed by atoms with van der Waals surface area (Å²) in [5, 5.41) is 6.67. The molecule has 4 heterocycles. The van der Waals surface area contributed by atoms with Gasteiger partial charge in [0.1, 0.15) is 16.7 Å². The van der Waals surface area contributed by atoms with Crippen LogP contribution in [0.2, 0.25) is 0 Å². The Morgan fingerprint density at radius 3 is 2.76 bits per heavy atom. The molecular formula is C22H28N6S. The van der Waals surface area contributed by atoms with Gasteiger partial charge in [0.15, 0.2) is 0 Å². The van der Waals surface area contributed by atoms with Crippen LogP contribution in [0, 0.1) is 5.92 Å². The molecule has 152 valence electrons. The molecule has 0 saturated carbocycles. The summed E-state index contributed by atoms with van der Waals surface area (Å²) >= 11 is 1.65. The number of nitrogens with zero attached hydrogens (tertiary/aromatic N) is 5. The van der Waals surface area contributed by atoms with Crippen LogP contribution in [0.4, 0.5) is 17.6 Å². The Balaban J connectivity index is 1.64. The molecule has 0 radical (unpaired) electrons. The number of rotatable bonds is 5. The number of aromatic nitrogens is 4. The van der Waals surface area contributed by atoms with E-state index in [1.165, 1.54) is 23.8 Å². The van der Waals surface area contributed by atoms with E-state index in [4.69, 9.17) is 4.98 Å². The summed E-state index contributed by atoms with van der Waals surface area (Å²) in [6, 6.07) is 4.00. The van der Waals surface area contributed by atoms with Gasteiger partial charge >= 0.3 is 0 Å². The third-order valence-corrected chi connectivity index (χ3v) is 6.13. The summed E-state index contributed by atoms with van der Waals surface area (Å²) in [5.41, 5.74) is 1.23. The van der Waals surface area contributed by atoms with Crippen molar-refractivity contribution in [3.05, 3.63) is 36.3 Å². The van der Waals surface area contributed by atoms with Crippen LogP contribution in [-0.4, -0.2) is 39.3 Å². The standard InChI is InChI=1S/C22H28N6S/c1-14(2)17-11-25-21(29-4)18-12-24-20(10-16(17)18)26-19-7-8-23-22(27-19)28-9-5-6-15(3)13-28/h7-8,10-12,14-15H,5-6,9,13H2,1-4H3,(H,23,24,26,27). The average Bonchev–Trinajstić information content (AvgIpc) is 2.73. The molecular weight excluding hydrogens is 380 g/mol. The van der Waals surface area contributed by atoms with E-state index in [0.29, 0.717) is 11.8 Å². The Kier molecular flexibility index (Phi) is 5.85.